The second-order valence-corrected chi connectivity index (χ2v) is 7.25. The van der Waals surface area contributed by atoms with Gasteiger partial charge in [-0.2, -0.15) is 0 Å². The molecule has 2 aliphatic rings. The van der Waals surface area contributed by atoms with Crippen molar-refractivity contribution in [1.82, 2.24) is 10.2 Å². The highest BCUT2D eigenvalue weighted by atomic mass is 79.9. The van der Waals surface area contributed by atoms with E-state index in [1.54, 1.807) is 0 Å². The number of aliphatic hydroxyl groups is 1. The molecule has 3 rings (SSSR count). The van der Waals surface area contributed by atoms with Crippen molar-refractivity contribution in [3.63, 3.8) is 0 Å². The van der Waals surface area contributed by atoms with Crippen molar-refractivity contribution in [1.29, 1.82) is 0 Å². The first-order valence-corrected chi connectivity index (χ1v) is 8.22. The highest BCUT2D eigenvalue weighted by Gasteiger charge is 2.46. The zero-order valence-corrected chi connectivity index (χ0v) is 13.8. The molecule has 4 nitrogen and oxygen atoms in total. The second-order valence-electron chi connectivity index (χ2n) is 6.33. The first kappa shape index (κ1) is 15.0. The predicted octanol–water partition coefficient (Wildman–Crippen LogP) is 1.66. The molecule has 1 aliphatic heterocycles. The van der Waals surface area contributed by atoms with Crippen LogP contribution in [0.4, 0.5) is 0 Å². The summed E-state index contributed by atoms with van der Waals surface area (Å²) < 4.78 is 1.08. The van der Waals surface area contributed by atoms with Crippen LogP contribution in [0.1, 0.15) is 24.8 Å². The molecule has 2 unspecified atom stereocenters. The molecule has 0 radical (unpaired) electrons. The van der Waals surface area contributed by atoms with E-state index >= 15 is 0 Å². The van der Waals surface area contributed by atoms with Gasteiger partial charge in [-0.05, 0) is 37.0 Å². The molecule has 5 heteroatoms. The van der Waals surface area contributed by atoms with Gasteiger partial charge in [0.25, 0.3) is 0 Å². The smallest absolute Gasteiger partial charge is 0.239 e. The molecule has 1 heterocycles. The Morgan fingerprint density at radius 1 is 1.43 bits per heavy atom. The maximum Gasteiger partial charge on any atom is 0.239 e. The minimum absolute atomic E-state index is 0.0925. The molecular formula is C16H21BrN2O2. The summed E-state index contributed by atoms with van der Waals surface area (Å²) in [6.45, 7) is 1.27. The van der Waals surface area contributed by atoms with E-state index in [1.165, 1.54) is 5.56 Å². The fourth-order valence-corrected chi connectivity index (χ4v) is 3.46. The monoisotopic (exact) mass is 352 g/mol. The van der Waals surface area contributed by atoms with Crippen LogP contribution in [0.5, 0.6) is 0 Å². The van der Waals surface area contributed by atoms with Gasteiger partial charge in [-0.1, -0.05) is 28.1 Å². The quantitative estimate of drug-likeness (QED) is 0.866. The number of amides is 1. The van der Waals surface area contributed by atoms with Gasteiger partial charge in [0, 0.05) is 30.0 Å². The summed E-state index contributed by atoms with van der Waals surface area (Å²) in [6.07, 6.45) is 2.39. The van der Waals surface area contributed by atoms with E-state index < -0.39 is 6.10 Å². The predicted molar refractivity (Wildman–Crippen MR) is 85.1 cm³/mol. The molecule has 114 valence electrons. The Kier molecular flexibility index (Phi) is 4.08. The summed E-state index contributed by atoms with van der Waals surface area (Å²) in [5, 5.41) is 12.6. The fraction of sp³-hybridized carbons (Fsp3) is 0.562. The minimum atomic E-state index is -0.395. The van der Waals surface area contributed by atoms with Crippen molar-refractivity contribution < 1.29 is 9.90 Å². The van der Waals surface area contributed by atoms with Crippen LogP contribution in [0.15, 0.2) is 28.7 Å². The van der Waals surface area contributed by atoms with E-state index in [0.29, 0.717) is 13.0 Å². The van der Waals surface area contributed by atoms with E-state index in [1.807, 2.05) is 11.9 Å². The molecule has 0 aromatic heterocycles. The van der Waals surface area contributed by atoms with E-state index in [4.69, 9.17) is 0 Å². The Balaban J connectivity index is 1.65. The van der Waals surface area contributed by atoms with Crippen molar-refractivity contribution >= 4 is 21.8 Å². The summed E-state index contributed by atoms with van der Waals surface area (Å²) in [5.74, 6) is 0.0925. The lowest BCUT2D eigenvalue weighted by Crippen LogP contribution is -2.44. The number of likely N-dealkylation sites (N-methyl/N-ethyl adjacent to an activating group) is 1. The van der Waals surface area contributed by atoms with Crippen LogP contribution in [-0.4, -0.2) is 48.2 Å². The van der Waals surface area contributed by atoms with Gasteiger partial charge >= 0.3 is 0 Å². The number of carbonyl (C=O) groups excluding carboxylic acids is 1. The molecule has 1 saturated carbocycles. The number of nitrogens with one attached hydrogen (secondary N) is 1. The molecule has 0 bridgehead atoms. The third-order valence-electron chi connectivity index (χ3n) is 4.63. The van der Waals surface area contributed by atoms with Crippen LogP contribution in [0, 0.1) is 0 Å². The van der Waals surface area contributed by atoms with Crippen molar-refractivity contribution in [2.45, 2.75) is 36.8 Å². The molecular weight excluding hydrogens is 332 g/mol. The topological polar surface area (TPSA) is 52.6 Å². The summed E-state index contributed by atoms with van der Waals surface area (Å²) in [7, 11) is 1.87. The Labute approximate surface area is 133 Å². The molecule has 21 heavy (non-hydrogen) atoms. The molecule has 1 saturated heterocycles. The Morgan fingerprint density at radius 2 is 2.10 bits per heavy atom. The summed E-state index contributed by atoms with van der Waals surface area (Å²) in [5.41, 5.74) is 1.44. The van der Waals surface area contributed by atoms with Crippen molar-refractivity contribution in [3.05, 3.63) is 34.3 Å². The van der Waals surface area contributed by atoms with E-state index in [2.05, 4.69) is 45.5 Å². The number of carbonyl (C=O) groups is 1. The number of hydrogen-bond acceptors (Lipinski definition) is 3. The SMILES string of the molecule is CN(CC1(c2ccc(Br)cc2)CC1)C(=O)C1CC(O)CN1. The fourth-order valence-electron chi connectivity index (χ4n) is 3.20. The molecule has 1 aromatic carbocycles. The molecule has 2 fully saturated rings. The Hall–Kier alpha value is -0.910. The summed E-state index contributed by atoms with van der Waals surface area (Å²) in [6, 6.07) is 8.18. The van der Waals surface area contributed by atoms with Gasteiger partial charge in [-0.15, -0.1) is 0 Å². The number of nitrogens with zero attached hydrogens (tertiary/aromatic N) is 1. The van der Waals surface area contributed by atoms with Gasteiger partial charge in [0.2, 0.25) is 5.91 Å². The number of halogens is 1. The van der Waals surface area contributed by atoms with Gasteiger partial charge < -0.3 is 15.3 Å². The first-order chi connectivity index (χ1) is 10.00. The van der Waals surface area contributed by atoms with Gasteiger partial charge in [0.15, 0.2) is 0 Å². The highest BCUT2D eigenvalue weighted by Crippen LogP contribution is 2.48. The van der Waals surface area contributed by atoms with Gasteiger partial charge in [0.05, 0.1) is 12.1 Å². The average molecular weight is 353 g/mol. The third kappa shape index (κ3) is 3.15. The molecule has 1 amide bonds. The van der Waals surface area contributed by atoms with Crippen molar-refractivity contribution in [2.75, 3.05) is 20.1 Å². The Bertz CT molecular complexity index is 528. The zero-order chi connectivity index (χ0) is 15.0. The van der Waals surface area contributed by atoms with Gasteiger partial charge in [0.1, 0.15) is 0 Å². The number of aliphatic hydroxyl groups excluding tert-OH is 1. The largest absolute Gasteiger partial charge is 0.392 e. The van der Waals surface area contributed by atoms with Crippen LogP contribution in [-0.2, 0) is 10.2 Å². The molecule has 1 aliphatic carbocycles. The average Bonchev–Trinajstić information content (AvgIpc) is 3.11. The zero-order valence-electron chi connectivity index (χ0n) is 12.2. The van der Waals surface area contributed by atoms with E-state index in [9.17, 15) is 9.90 Å². The Morgan fingerprint density at radius 3 is 2.62 bits per heavy atom. The van der Waals surface area contributed by atoms with Crippen LogP contribution < -0.4 is 5.32 Å². The highest BCUT2D eigenvalue weighted by molar-refractivity contribution is 9.10. The van der Waals surface area contributed by atoms with Crippen LogP contribution in [0.25, 0.3) is 0 Å². The van der Waals surface area contributed by atoms with Gasteiger partial charge in [-0.25, -0.2) is 0 Å². The summed E-state index contributed by atoms with van der Waals surface area (Å²) >= 11 is 3.46. The number of hydrogen-bond donors (Lipinski definition) is 2. The van der Waals surface area contributed by atoms with E-state index in [-0.39, 0.29) is 17.4 Å². The van der Waals surface area contributed by atoms with Crippen molar-refractivity contribution in [3.8, 4) is 0 Å². The minimum Gasteiger partial charge on any atom is -0.392 e. The molecule has 2 atom stereocenters. The van der Waals surface area contributed by atoms with Crippen LogP contribution >= 0.6 is 15.9 Å². The summed E-state index contributed by atoms with van der Waals surface area (Å²) in [4.78, 5) is 14.3. The normalized spacial score (nSPS) is 26.6. The molecule has 2 N–H and O–H groups in total. The lowest BCUT2D eigenvalue weighted by atomic mass is 9.95. The molecule has 0 spiro atoms. The molecule has 1 aromatic rings. The second kappa shape index (κ2) is 5.71. The lowest BCUT2D eigenvalue weighted by Gasteiger charge is -2.26. The van der Waals surface area contributed by atoms with Gasteiger partial charge in [-0.3, -0.25) is 4.79 Å². The van der Waals surface area contributed by atoms with Crippen LogP contribution in [0.2, 0.25) is 0 Å². The lowest BCUT2D eigenvalue weighted by molar-refractivity contribution is -0.132. The standard InChI is InChI=1S/C16H21BrN2O2/c1-19(15(21)14-8-13(20)9-18-14)10-16(6-7-16)11-2-4-12(17)5-3-11/h2-5,13-14,18,20H,6-10H2,1H3. The number of β-amino-alcohol motifs (C(OH)–C–C–N with tert-alkyl or cyclic N) is 1. The van der Waals surface area contributed by atoms with Crippen LogP contribution in [0.3, 0.4) is 0 Å². The number of benzene rings is 1. The third-order valence-corrected chi connectivity index (χ3v) is 5.16. The first-order valence-electron chi connectivity index (χ1n) is 7.43. The van der Waals surface area contributed by atoms with E-state index in [0.717, 1.165) is 23.9 Å². The number of rotatable bonds is 4. The maximum atomic E-state index is 12.4. The maximum absolute atomic E-state index is 12.4. The van der Waals surface area contributed by atoms with Crippen molar-refractivity contribution in [2.24, 2.45) is 0 Å².